The van der Waals surface area contributed by atoms with Gasteiger partial charge in [0.25, 0.3) is 0 Å². The zero-order chi connectivity index (χ0) is 9.99. The van der Waals surface area contributed by atoms with Crippen LogP contribution in [0.4, 0.5) is 30.7 Å². The van der Waals surface area contributed by atoms with Crippen LogP contribution in [0.5, 0.6) is 0 Å². The van der Waals surface area contributed by atoms with Crippen molar-refractivity contribution in [3.05, 3.63) is 0 Å². The summed E-state index contributed by atoms with van der Waals surface area (Å²) in [6, 6.07) is 0. The maximum absolute atomic E-state index is 12.0. The molecule has 0 rings (SSSR count). The number of hydrogen-bond acceptors (Lipinski definition) is 0. The highest BCUT2D eigenvalue weighted by Crippen LogP contribution is 2.30. The van der Waals surface area contributed by atoms with Gasteiger partial charge in [0.15, 0.2) is 0 Å². The van der Waals surface area contributed by atoms with Crippen LogP contribution in [0.25, 0.3) is 0 Å². The van der Waals surface area contributed by atoms with Crippen molar-refractivity contribution in [2.75, 3.05) is 0 Å². The third kappa shape index (κ3) is 7.62. The molecule has 12 heavy (non-hydrogen) atoms. The SMILES string of the molecule is FC(CC(F)(F)F)CC(F)(F)F. The van der Waals surface area contributed by atoms with Crippen LogP contribution in [-0.4, -0.2) is 18.5 Å². The van der Waals surface area contributed by atoms with Crippen LogP contribution in [0, 0.1) is 0 Å². The summed E-state index contributed by atoms with van der Waals surface area (Å²) in [5.41, 5.74) is 0. The van der Waals surface area contributed by atoms with Crippen molar-refractivity contribution in [3.8, 4) is 0 Å². The molecule has 0 aromatic rings. The average molecular weight is 198 g/mol. The van der Waals surface area contributed by atoms with Gasteiger partial charge in [-0.1, -0.05) is 0 Å². The minimum Gasteiger partial charge on any atom is -0.247 e. The van der Waals surface area contributed by atoms with Crippen molar-refractivity contribution in [1.82, 2.24) is 0 Å². The van der Waals surface area contributed by atoms with Crippen molar-refractivity contribution in [2.24, 2.45) is 0 Å². The molecule has 0 bridgehead atoms. The van der Waals surface area contributed by atoms with Gasteiger partial charge in [-0.15, -0.1) is 0 Å². The van der Waals surface area contributed by atoms with Gasteiger partial charge in [-0.05, 0) is 0 Å². The molecule has 0 spiro atoms. The maximum atomic E-state index is 12.0. The van der Waals surface area contributed by atoms with E-state index in [4.69, 9.17) is 0 Å². The first-order chi connectivity index (χ1) is 5.10. The molecule has 0 saturated heterocycles. The fraction of sp³-hybridized carbons (Fsp3) is 1.00. The smallest absolute Gasteiger partial charge is 0.247 e. The fourth-order valence-electron chi connectivity index (χ4n) is 0.574. The van der Waals surface area contributed by atoms with Gasteiger partial charge in [-0.3, -0.25) is 0 Å². The molecule has 74 valence electrons. The number of rotatable bonds is 2. The summed E-state index contributed by atoms with van der Waals surface area (Å²) in [4.78, 5) is 0. The van der Waals surface area contributed by atoms with Crippen LogP contribution in [0.15, 0.2) is 0 Å². The van der Waals surface area contributed by atoms with Crippen LogP contribution in [0.1, 0.15) is 12.8 Å². The maximum Gasteiger partial charge on any atom is 0.391 e. The molecular formula is C5H5F7. The first kappa shape index (κ1) is 11.5. The molecule has 0 aliphatic carbocycles. The Morgan fingerprint density at radius 3 is 1.17 bits per heavy atom. The molecule has 0 nitrogen and oxygen atoms in total. The molecule has 0 N–H and O–H groups in total. The van der Waals surface area contributed by atoms with Gasteiger partial charge in [0, 0.05) is 0 Å². The average Bonchev–Trinajstić information content (AvgIpc) is 1.49. The van der Waals surface area contributed by atoms with Crippen molar-refractivity contribution in [1.29, 1.82) is 0 Å². The lowest BCUT2D eigenvalue weighted by Crippen LogP contribution is -2.22. The molecule has 0 amide bonds. The number of alkyl halides is 7. The molecule has 0 atom stereocenters. The van der Waals surface area contributed by atoms with E-state index in [0.717, 1.165) is 0 Å². The van der Waals surface area contributed by atoms with Crippen LogP contribution in [0.3, 0.4) is 0 Å². The minimum atomic E-state index is -4.88. The minimum absolute atomic E-state index is 2.05. The Morgan fingerprint density at radius 1 is 0.750 bits per heavy atom. The van der Waals surface area contributed by atoms with E-state index in [1.165, 1.54) is 0 Å². The Hall–Kier alpha value is -0.490. The van der Waals surface area contributed by atoms with Gasteiger partial charge in [0.1, 0.15) is 6.17 Å². The van der Waals surface area contributed by atoms with Gasteiger partial charge in [0.05, 0.1) is 12.8 Å². The summed E-state index contributed by atoms with van der Waals surface area (Å²) < 4.78 is 79.6. The largest absolute Gasteiger partial charge is 0.391 e. The second-order valence-electron chi connectivity index (χ2n) is 2.24. The Labute approximate surface area is 63.4 Å². The van der Waals surface area contributed by atoms with E-state index in [-0.39, 0.29) is 0 Å². The van der Waals surface area contributed by atoms with E-state index in [2.05, 4.69) is 0 Å². The van der Waals surface area contributed by atoms with E-state index >= 15 is 0 Å². The second-order valence-corrected chi connectivity index (χ2v) is 2.24. The normalized spacial score (nSPS) is 14.0. The van der Waals surface area contributed by atoms with E-state index in [1.54, 1.807) is 0 Å². The molecule has 0 unspecified atom stereocenters. The molecule has 0 radical (unpaired) electrons. The summed E-state index contributed by atoms with van der Waals surface area (Å²) in [6.07, 6.45) is -16.8. The van der Waals surface area contributed by atoms with Crippen LogP contribution in [0.2, 0.25) is 0 Å². The van der Waals surface area contributed by atoms with Crippen molar-refractivity contribution >= 4 is 0 Å². The Kier molecular flexibility index (Phi) is 3.34. The number of halogens is 7. The molecular weight excluding hydrogens is 193 g/mol. The van der Waals surface area contributed by atoms with Gasteiger partial charge in [-0.25, -0.2) is 4.39 Å². The van der Waals surface area contributed by atoms with E-state index in [1.807, 2.05) is 0 Å². The highest BCUT2D eigenvalue weighted by atomic mass is 19.4. The molecule has 0 heterocycles. The quantitative estimate of drug-likeness (QED) is 0.597. The van der Waals surface area contributed by atoms with Gasteiger partial charge >= 0.3 is 12.4 Å². The Bertz CT molecular complexity index is 116. The molecule has 0 fully saturated rings. The van der Waals surface area contributed by atoms with Crippen LogP contribution in [-0.2, 0) is 0 Å². The summed E-state index contributed by atoms with van der Waals surface area (Å²) in [5, 5.41) is 0. The van der Waals surface area contributed by atoms with E-state index < -0.39 is 31.4 Å². The first-order valence-electron chi connectivity index (χ1n) is 2.88. The van der Waals surface area contributed by atoms with Gasteiger partial charge in [0.2, 0.25) is 0 Å². The summed E-state index contributed by atoms with van der Waals surface area (Å²) in [7, 11) is 0. The molecule has 0 aromatic heterocycles. The van der Waals surface area contributed by atoms with Crippen molar-refractivity contribution in [2.45, 2.75) is 31.4 Å². The summed E-state index contributed by atoms with van der Waals surface area (Å²) in [5.74, 6) is 0. The topological polar surface area (TPSA) is 0 Å². The highest BCUT2D eigenvalue weighted by molar-refractivity contribution is 4.66. The zero-order valence-electron chi connectivity index (χ0n) is 5.64. The lowest BCUT2D eigenvalue weighted by atomic mass is 10.2. The van der Waals surface area contributed by atoms with Crippen molar-refractivity contribution < 1.29 is 30.7 Å². The standard InChI is InChI=1S/C5H5F7/c6-3(1-4(7,8)9)2-5(10,11)12/h3H,1-2H2. The molecule has 0 saturated carbocycles. The number of hydrogen-bond donors (Lipinski definition) is 0. The summed E-state index contributed by atoms with van der Waals surface area (Å²) in [6.45, 7) is 0. The molecule has 0 aromatic carbocycles. The van der Waals surface area contributed by atoms with Crippen molar-refractivity contribution in [3.63, 3.8) is 0 Å². The third-order valence-corrected chi connectivity index (χ3v) is 0.906. The van der Waals surface area contributed by atoms with Crippen LogP contribution >= 0.6 is 0 Å². The zero-order valence-corrected chi connectivity index (χ0v) is 5.64. The third-order valence-electron chi connectivity index (χ3n) is 0.906. The summed E-state index contributed by atoms with van der Waals surface area (Å²) >= 11 is 0. The highest BCUT2D eigenvalue weighted by Gasteiger charge is 2.38. The van der Waals surface area contributed by atoms with Gasteiger partial charge in [-0.2, -0.15) is 26.3 Å². The predicted octanol–water partition coefficient (Wildman–Crippen LogP) is 3.23. The molecule has 0 aliphatic rings. The lowest BCUT2D eigenvalue weighted by Gasteiger charge is -2.12. The van der Waals surface area contributed by atoms with E-state index in [0.29, 0.717) is 0 Å². The van der Waals surface area contributed by atoms with Crippen LogP contribution < -0.4 is 0 Å². The van der Waals surface area contributed by atoms with E-state index in [9.17, 15) is 30.7 Å². The van der Waals surface area contributed by atoms with Gasteiger partial charge < -0.3 is 0 Å². The molecule has 7 heteroatoms. The Balaban J connectivity index is 3.83. The lowest BCUT2D eigenvalue weighted by molar-refractivity contribution is -0.174. The first-order valence-corrected chi connectivity index (χ1v) is 2.88. The monoisotopic (exact) mass is 198 g/mol. The molecule has 0 aliphatic heterocycles. The predicted molar refractivity (Wildman–Crippen MR) is 26.2 cm³/mol. The second kappa shape index (κ2) is 3.49. The Morgan fingerprint density at radius 2 is 1.00 bits per heavy atom. The fourth-order valence-corrected chi connectivity index (χ4v) is 0.574.